The third kappa shape index (κ3) is 12.5. The van der Waals surface area contributed by atoms with Crippen molar-refractivity contribution in [2.75, 3.05) is 25.8 Å². The van der Waals surface area contributed by atoms with E-state index in [0.717, 1.165) is 28.4 Å². The minimum atomic E-state index is -0.839. The Morgan fingerprint density at radius 3 is 1.97 bits per heavy atom. The Hall–Kier alpha value is -7.92. The largest absolute Gasteiger partial charge is 0.457 e. The van der Waals surface area contributed by atoms with Crippen LogP contribution >= 0.6 is 11.3 Å². The first-order valence-electron chi connectivity index (χ1n) is 17.6. The highest BCUT2D eigenvalue weighted by Crippen LogP contribution is 2.30. The number of hydrogen-bond donors (Lipinski definition) is 1. The summed E-state index contributed by atoms with van der Waals surface area (Å²) in [6, 6.07) is 22.2. The van der Waals surface area contributed by atoms with Crippen LogP contribution in [0.2, 0.25) is 0 Å². The van der Waals surface area contributed by atoms with Crippen LogP contribution in [-0.4, -0.2) is 67.0 Å². The molecule has 4 aromatic carbocycles. The molecule has 1 aromatic heterocycles. The molecule has 306 valence electrons. The topological polar surface area (TPSA) is 204 Å². The fourth-order valence-electron chi connectivity index (χ4n) is 4.92. The highest BCUT2D eigenvalue weighted by Gasteiger charge is 2.20. The van der Waals surface area contributed by atoms with Crippen molar-refractivity contribution in [2.24, 2.45) is 5.10 Å². The Morgan fingerprint density at radius 1 is 0.683 bits per heavy atom. The van der Waals surface area contributed by atoms with E-state index in [0.29, 0.717) is 22.0 Å². The third-order valence-corrected chi connectivity index (χ3v) is 8.82. The first-order valence-corrected chi connectivity index (χ1v) is 18.5. The van der Waals surface area contributed by atoms with E-state index in [4.69, 9.17) is 33.2 Å². The molecule has 0 saturated carbocycles. The van der Waals surface area contributed by atoms with E-state index in [9.17, 15) is 28.8 Å². The van der Waals surface area contributed by atoms with Gasteiger partial charge in [-0.2, -0.15) is 5.10 Å². The minimum Gasteiger partial charge on any atom is -0.457 e. The molecule has 0 unspecified atom stereocenters. The summed E-state index contributed by atoms with van der Waals surface area (Å²) >= 11 is 1.39. The molecule has 16 nitrogen and oxygen atoms in total. The van der Waals surface area contributed by atoms with Gasteiger partial charge in [0.05, 0.1) is 22.0 Å². The van der Waals surface area contributed by atoms with Crippen LogP contribution in [0.25, 0.3) is 10.2 Å². The van der Waals surface area contributed by atoms with E-state index >= 15 is 0 Å². The number of ether oxygens (including phenoxy) is 7. The molecule has 0 amide bonds. The average molecular weight is 834 g/mol. The van der Waals surface area contributed by atoms with Crippen molar-refractivity contribution in [3.63, 3.8) is 0 Å². The number of ketones is 2. The van der Waals surface area contributed by atoms with Crippen molar-refractivity contribution in [1.29, 1.82) is 0 Å². The first-order chi connectivity index (χ1) is 29.1. The molecule has 0 fully saturated rings. The SMILES string of the molecule is C=CC(=O)OCOc1ccc(C(=O)Oc2ccc(CCC(=O)C(=O)c3ccc(OCOC(=O)C=C)c(OCOC(=O)C=C)c3)cc2/C=N/Nc2nc3ccccc3s2)cc1. The van der Waals surface area contributed by atoms with Gasteiger partial charge in [0.2, 0.25) is 37.1 Å². The molecule has 5 rings (SSSR count). The van der Waals surface area contributed by atoms with Crippen molar-refractivity contribution in [1.82, 2.24) is 4.98 Å². The van der Waals surface area contributed by atoms with Crippen LogP contribution in [0.3, 0.4) is 0 Å². The van der Waals surface area contributed by atoms with Crippen LogP contribution < -0.4 is 24.4 Å². The van der Waals surface area contributed by atoms with Gasteiger partial charge in [-0.3, -0.25) is 15.0 Å². The third-order valence-electron chi connectivity index (χ3n) is 7.88. The monoisotopic (exact) mass is 833 g/mol. The summed E-state index contributed by atoms with van der Waals surface area (Å²) in [6.07, 6.45) is 4.22. The minimum absolute atomic E-state index is 0.0212. The van der Waals surface area contributed by atoms with Gasteiger partial charge in [-0.25, -0.2) is 24.2 Å². The fraction of sp³-hybridized carbons (Fsp3) is 0.116. The van der Waals surface area contributed by atoms with Gasteiger partial charge in [-0.15, -0.1) is 0 Å². The van der Waals surface area contributed by atoms with Crippen molar-refractivity contribution in [3.05, 3.63) is 145 Å². The quantitative estimate of drug-likeness (QED) is 0.00905. The van der Waals surface area contributed by atoms with Crippen LogP contribution in [0, 0.1) is 0 Å². The number of nitrogens with one attached hydrogen (secondary N) is 1. The maximum absolute atomic E-state index is 13.3. The van der Waals surface area contributed by atoms with Crippen molar-refractivity contribution in [2.45, 2.75) is 12.8 Å². The molecule has 0 spiro atoms. The van der Waals surface area contributed by atoms with Crippen LogP contribution in [0.5, 0.6) is 23.0 Å². The molecule has 0 aliphatic rings. The maximum atomic E-state index is 13.3. The van der Waals surface area contributed by atoms with E-state index in [1.165, 1.54) is 66.1 Å². The molecular weight excluding hydrogens is 799 g/mol. The number of anilines is 1. The second-order valence-electron chi connectivity index (χ2n) is 11.8. The molecule has 0 saturated heterocycles. The highest BCUT2D eigenvalue weighted by molar-refractivity contribution is 7.22. The van der Waals surface area contributed by atoms with E-state index in [-0.39, 0.29) is 48.0 Å². The van der Waals surface area contributed by atoms with Gasteiger partial charge in [0, 0.05) is 35.8 Å². The number of Topliss-reactive ketones (excluding diaryl/α,β-unsaturated/α-hetero) is 2. The van der Waals surface area contributed by atoms with E-state index < -0.39 is 49.0 Å². The lowest BCUT2D eigenvalue weighted by Gasteiger charge is -2.13. The Morgan fingerprint density at radius 2 is 1.30 bits per heavy atom. The number of fused-ring (bicyclic) bond motifs is 1. The fourth-order valence-corrected chi connectivity index (χ4v) is 5.73. The zero-order chi connectivity index (χ0) is 42.9. The summed E-state index contributed by atoms with van der Waals surface area (Å²) in [6.45, 7) is 8.46. The predicted molar refractivity (Wildman–Crippen MR) is 218 cm³/mol. The Balaban J connectivity index is 1.29. The second kappa shape index (κ2) is 21.6. The maximum Gasteiger partial charge on any atom is 0.343 e. The molecule has 0 atom stereocenters. The van der Waals surface area contributed by atoms with Gasteiger partial charge in [-0.05, 0) is 78.7 Å². The van der Waals surface area contributed by atoms with Crippen LogP contribution in [-0.2, 0) is 39.8 Å². The summed E-state index contributed by atoms with van der Waals surface area (Å²) in [5.74, 6) is -4.01. The summed E-state index contributed by atoms with van der Waals surface area (Å²) in [5.41, 5.74) is 4.80. The molecule has 5 aromatic rings. The summed E-state index contributed by atoms with van der Waals surface area (Å²) < 4.78 is 37.4. The Kier molecular flexibility index (Phi) is 15.5. The zero-order valence-electron chi connectivity index (χ0n) is 31.7. The molecule has 60 heavy (non-hydrogen) atoms. The number of benzene rings is 4. The van der Waals surface area contributed by atoms with Gasteiger partial charge < -0.3 is 33.2 Å². The first kappa shape index (κ1) is 43.2. The molecule has 0 aliphatic carbocycles. The average Bonchev–Trinajstić information content (AvgIpc) is 3.69. The molecule has 1 N–H and O–H groups in total. The predicted octanol–water partition coefficient (Wildman–Crippen LogP) is 6.54. The number of hydrogen-bond acceptors (Lipinski definition) is 17. The number of carbonyl (C=O) groups excluding carboxylic acids is 6. The number of thiazole rings is 1. The lowest BCUT2D eigenvalue weighted by molar-refractivity contribution is -0.146. The zero-order valence-corrected chi connectivity index (χ0v) is 32.5. The Bertz CT molecular complexity index is 2430. The summed E-state index contributed by atoms with van der Waals surface area (Å²) in [7, 11) is 0. The molecular formula is C43H35N3O13S. The van der Waals surface area contributed by atoms with Crippen molar-refractivity contribution < 1.29 is 61.9 Å². The summed E-state index contributed by atoms with van der Waals surface area (Å²) in [4.78, 5) is 78.3. The molecule has 1 heterocycles. The van der Waals surface area contributed by atoms with Gasteiger partial charge in [0.25, 0.3) is 0 Å². The number of carbonyl (C=O) groups is 6. The molecule has 0 radical (unpaired) electrons. The highest BCUT2D eigenvalue weighted by atomic mass is 32.1. The number of aromatic nitrogens is 1. The number of hydrazone groups is 1. The lowest BCUT2D eigenvalue weighted by atomic mass is 10.00. The van der Waals surface area contributed by atoms with E-state index in [1.54, 1.807) is 12.1 Å². The van der Waals surface area contributed by atoms with Crippen LogP contribution in [0.1, 0.15) is 38.3 Å². The van der Waals surface area contributed by atoms with Gasteiger partial charge >= 0.3 is 23.9 Å². The number of para-hydroxylation sites is 1. The number of esters is 4. The van der Waals surface area contributed by atoms with Crippen LogP contribution in [0.15, 0.2) is 128 Å². The Labute approximate surface area is 346 Å². The lowest BCUT2D eigenvalue weighted by Crippen LogP contribution is -2.16. The van der Waals surface area contributed by atoms with Gasteiger partial charge in [-0.1, -0.05) is 49.3 Å². The number of aryl methyl sites for hydroxylation is 1. The molecule has 17 heteroatoms. The van der Waals surface area contributed by atoms with E-state index in [2.05, 4.69) is 35.2 Å². The van der Waals surface area contributed by atoms with E-state index in [1.807, 2.05) is 24.3 Å². The normalized spacial score (nSPS) is 10.5. The second-order valence-corrected chi connectivity index (χ2v) is 12.9. The summed E-state index contributed by atoms with van der Waals surface area (Å²) in [5, 5.41) is 4.83. The standard InChI is InChI=1S/C43H35N3O13S/c1-4-38(48)56-24-53-31-16-13-28(14-17-31)42(52)59-34-19-12-27(21-30(34)23-44-46-43-45-32-9-7-8-10-37(32)60-43)11-18-33(47)41(51)29-15-20-35(54-25-57-39(49)5-2)36(22-29)55-26-58-40(50)6-3/h4-10,12-17,19-23H,1-3,11,18,24-26H2,(H,45,46)/b44-23+. The smallest absolute Gasteiger partial charge is 0.343 e. The number of nitrogens with zero attached hydrogens (tertiary/aromatic N) is 2. The van der Waals surface area contributed by atoms with Crippen molar-refractivity contribution >= 4 is 68.3 Å². The van der Waals surface area contributed by atoms with Gasteiger partial charge in [0.15, 0.2) is 11.5 Å². The number of rotatable bonds is 22. The molecule has 0 bridgehead atoms. The molecule has 0 aliphatic heterocycles. The van der Waals surface area contributed by atoms with Crippen LogP contribution in [0.4, 0.5) is 5.13 Å². The van der Waals surface area contributed by atoms with Gasteiger partial charge in [0.1, 0.15) is 11.5 Å². The van der Waals surface area contributed by atoms with Crippen molar-refractivity contribution in [3.8, 4) is 23.0 Å².